The summed E-state index contributed by atoms with van der Waals surface area (Å²) in [7, 11) is 3.10. The minimum absolute atomic E-state index is 0.0195. The third-order valence-electron chi connectivity index (χ3n) is 6.53. The Kier molecular flexibility index (Phi) is 5.81. The summed E-state index contributed by atoms with van der Waals surface area (Å²) in [5, 5.41) is 10.00. The molecule has 0 bridgehead atoms. The number of halogens is 1. The molecule has 2 aliphatic heterocycles. The normalized spacial score (nSPS) is 23.9. The molecule has 2 aromatic carbocycles. The summed E-state index contributed by atoms with van der Waals surface area (Å²) in [6.45, 7) is 6.05. The summed E-state index contributed by atoms with van der Waals surface area (Å²) in [5.74, 6) is 0.172. The average molecular weight is 458 g/mol. The fourth-order valence-electron chi connectivity index (χ4n) is 4.80. The van der Waals surface area contributed by atoms with Gasteiger partial charge < -0.3 is 20.1 Å². The van der Waals surface area contributed by atoms with E-state index >= 15 is 0 Å². The second-order valence-corrected chi connectivity index (χ2v) is 9.18. The van der Waals surface area contributed by atoms with E-state index in [4.69, 9.17) is 21.1 Å². The molecule has 1 saturated heterocycles. The van der Waals surface area contributed by atoms with Crippen molar-refractivity contribution >= 4 is 34.8 Å². The van der Waals surface area contributed by atoms with Crippen molar-refractivity contribution in [3.63, 3.8) is 0 Å². The molecule has 2 amide bonds. The molecule has 7 nitrogen and oxygen atoms in total. The number of benzene rings is 2. The van der Waals surface area contributed by atoms with Crippen LogP contribution in [0.3, 0.4) is 0 Å². The largest absolute Gasteiger partial charge is 0.497 e. The number of methoxy groups -OCH3 is 2. The molecule has 0 aliphatic carbocycles. The van der Waals surface area contributed by atoms with Crippen LogP contribution in [0, 0.1) is 18.8 Å². The second-order valence-electron chi connectivity index (χ2n) is 8.75. The van der Waals surface area contributed by atoms with E-state index in [9.17, 15) is 9.59 Å². The fourth-order valence-corrected chi connectivity index (χ4v) is 5.07. The van der Waals surface area contributed by atoms with Gasteiger partial charge in [-0.3, -0.25) is 14.9 Å². The van der Waals surface area contributed by atoms with Gasteiger partial charge in [0.1, 0.15) is 17.0 Å². The molecule has 3 unspecified atom stereocenters. The first-order valence-electron chi connectivity index (χ1n) is 10.6. The Morgan fingerprint density at radius 1 is 1.22 bits per heavy atom. The maximum absolute atomic E-state index is 13.7. The Morgan fingerprint density at radius 2 is 1.97 bits per heavy atom. The lowest BCUT2D eigenvalue weighted by Crippen LogP contribution is -2.52. The van der Waals surface area contributed by atoms with Crippen LogP contribution in [-0.4, -0.2) is 32.1 Å². The smallest absolute Gasteiger partial charge is 0.250 e. The van der Waals surface area contributed by atoms with Crippen LogP contribution in [0.4, 0.5) is 11.4 Å². The van der Waals surface area contributed by atoms with E-state index in [-0.39, 0.29) is 23.8 Å². The van der Waals surface area contributed by atoms with Crippen molar-refractivity contribution in [1.29, 1.82) is 0 Å². The Labute approximate surface area is 192 Å². The predicted octanol–water partition coefficient (Wildman–Crippen LogP) is 4.09. The molecule has 8 heteroatoms. The van der Waals surface area contributed by atoms with Crippen molar-refractivity contribution < 1.29 is 19.1 Å². The molecule has 0 saturated carbocycles. The van der Waals surface area contributed by atoms with E-state index in [2.05, 4.69) is 29.8 Å². The molecule has 170 valence electrons. The van der Waals surface area contributed by atoms with Crippen molar-refractivity contribution in [3.8, 4) is 11.5 Å². The monoisotopic (exact) mass is 457 g/mol. The summed E-state index contributed by atoms with van der Waals surface area (Å²) >= 11 is 6.37. The van der Waals surface area contributed by atoms with Gasteiger partial charge in [-0.1, -0.05) is 25.4 Å². The molecule has 2 aromatic rings. The third kappa shape index (κ3) is 3.49. The molecule has 2 heterocycles. The summed E-state index contributed by atoms with van der Waals surface area (Å²) < 4.78 is 10.7. The molecular weight excluding hydrogens is 430 g/mol. The number of fused-ring (bicyclic) bond motifs is 2. The summed E-state index contributed by atoms with van der Waals surface area (Å²) in [6, 6.07) is 8.76. The first kappa shape index (κ1) is 22.4. The number of ether oxygens (including phenoxy) is 2. The van der Waals surface area contributed by atoms with Crippen molar-refractivity contribution in [2.24, 2.45) is 11.8 Å². The van der Waals surface area contributed by atoms with Gasteiger partial charge in [0.2, 0.25) is 11.8 Å². The molecule has 3 N–H and O–H groups in total. The maximum Gasteiger partial charge on any atom is 0.250 e. The molecule has 1 fully saturated rings. The number of rotatable bonds is 5. The molecule has 2 aliphatic rings. The van der Waals surface area contributed by atoms with Crippen LogP contribution in [0.2, 0.25) is 5.02 Å². The van der Waals surface area contributed by atoms with Gasteiger partial charge in [-0.25, -0.2) is 0 Å². The lowest BCUT2D eigenvalue weighted by atomic mass is 9.79. The van der Waals surface area contributed by atoms with Crippen LogP contribution < -0.4 is 25.4 Å². The van der Waals surface area contributed by atoms with Crippen LogP contribution >= 0.6 is 11.6 Å². The highest BCUT2D eigenvalue weighted by Gasteiger charge is 2.60. The van der Waals surface area contributed by atoms with Gasteiger partial charge in [0, 0.05) is 28.4 Å². The third-order valence-corrected chi connectivity index (χ3v) is 6.75. The zero-order chi connectivity index (χ0) is 23.2. The summed E-state index contributed by atoms with van der Waals surface area (Å²) in [4.78, 5) is 27.1. The number of hydrogen-bond acceptors (Lipinski definition) is 5. The molecular formula is C24H28ClN3O4. The number of aryl methyl sites for hydroxylation is 1. The van der Waals surface area contributed by atoms with Gasteiger partial charge in [0.25, 0.3) is 0 Å². The van der Waals surface area contributed by atoms with Crippen molar-refractivity contribution in [1.82, 2.24) is 5.32 Å². The average Bonchev–Trinajstić information content (AvgIpc) is 3.29. The van der Waals surface area contributed by atoms with Crippen molar-refractivity contribution in [2.75, 3.05) is 24.9 Å². The van der Waals surface area contributed by atoms with Gasteiger partial charge >= 0.3 is 0 Å². The number of hydrogen-bond donors (Lipinski definition) is 3. The van der Waals surface area contributed by atoms with E-state index < -0.39 is 11.5 Å². The zero-order valence-corrected chi connectivity index (χ0v) is 19.6. The van der Waals surface area contributed by atoms with Crippen molar-refractivity contribution in [3.05, 3.63) is 46.5 Å². The summed E-state index contributed by atoms with van der Waals surface area (Å²) in [6.07, 6.45) is 0.508. The molecule has 3 atom stereocenters. The lowest BCUT2D eigenvalue weighted by Gasteiger charge is -2.30. The molecule has 0 aromatic heterocycles. The second kappa shape index (κ2) is 8.30. The quantitative estimate of drug-likeness (QED) is 0.629. The highest BCUT2D eigenvalue weighted by Crippen LogP contribution is 2.50. The number of amides is 2. The zero-order valence-electron chi connectivity index (χ0n) is 18.8. The molecule has 1 spiro atoms. The van der Waals surface area contributed by atoms with Crippen LogP contribution in [0.5, 0.6) is 11.5 Å². The molecule has 32 heavy (non-hydrogen) atoms. The highest BCUT2D eigenvalue weighted by molar-refractivity contribution is 6.31. The Bertz CT molecular complexity index is 1090. The van der Waals surface area contributed by atoms with E-state index in [1.54, 1.807) is 31.4 Å². The van der Waals surface area contributed by atoms with Crippen LogP contribution in [0.1, 0.15) is 31.4 Å². The van der Waals surface area contributed by atoms with E-state index in [0.29, 0.717) is 39.9 Å². The predicted molar refractivity (Wildman–Crippen MR) is 125 cm³/mol. The minimum Gasteiger partial charge on any atom is -0.497 e. The summed E-state index contributed by atoms with van der Waals surface area (Å²) in [5.41, 5.74) is 1.58. The Hall–Kier alpha value is -2.77. The van der Waals surface area contributed by atoms with Crippen molar-refractivity contribution in [2.45, 2.75) is 38.8 Å². The minimum atomic E-state index is -1.20. The first-order valence-corrected chi connectivity index (χ1v) is 11.0. The van der Waals surface area contributed by atoms with Gasteiger partial charge in [-0.15, -0.1) is 0 Å². The number of carbonyl (C=O) groups is 2. The lowest BCUT2D eigenvalue weighted by molar-refractivity contribution is -0.130. The van der Waals surface area contributed by atoms with E-state index in [0.717, 1.165) is 5.56 Å². The standard InChI is InChI=1S/C24H28ClN3O4/c1-12(2)18-11-17(22(29)26-19-10-15(31-4)6-7-20(19)32-5)24(28-18)16-9-14(25)8-13(3)21(16)27-23(24)30/h6-10,12,17-18,28H,11H2,1-5H3,(H,26,29)(H,27,30). The highest BCUT2D eigenvalue weighted by atomic mass is 35.5. The van der Waals surface area contributed by atoms with E-state index in [1.807, 2.05) is 13.0 Å². The van der Waals surface area contributed by atoms with Gasteiger partial charge in [-0.05, 0) is 49.1 Å². The van der Waals surface area contributed by atoms with Gasteiger partial charge in [0.05, 0.1) is 25.8 Å². The number of anilines is 2. The SMILES string of the molecule is COc1ccc(OC)c(NC(=O)C2CC(C(C)C)NC23C(=O)Nc2c(C)cc(Cl)cc23)c1. The Morgan fingerprint density at radius 3 is 2.62 bits per heavy atom. The molecule has 4 rings (SSSR count). The van der Waals surface area contributed by atoms with Crippen LogP contribution in [0.15, 0.2) is 30.3 Å². The maximum atomic E-state index is 13.7. The first-order chi connectivity index (χ1) is 15.2. The Balaban J connectivity index is 1.78. The number of carbonyl (C=O) groups excluding carboxylic acids is 2. The van der Waals surface area contributed by atoms with E-state index in [1.165, 1.54) is 7.11 Å². The van der Waals surface area contributed by atoms with Crippen LogP contribution in [-0.2, 0) is 15.1 Å². The van der Waals surface area contributed by atoms with Gasteiger partial charge in [0.15, 0.2) is 0 Å². The molecule has 0 radical (unpaired) electrons. The van der Waals surface area contributed by atoms with Gasteiger partial charge in [-0.2, -0.15) is 0 Å². The number of nitrogens with one attached hydrogen (secondary N) is 3. The topological polar surface area (TPSA) is 88.7 Å². The fraction of sp³-hybridized carbons (Fsp3) is 0.417. The van der Waals surface area contributed by atoms with Crippen LogP contribution in [0.25, 0.3) is 0 Å².